The van der Waals surface area contributed by atoms with Crippen molar-refractivity contribution in [1.82, 2.24) is 5.43 Å². The summed E-state index contributed by atoms with van der Waals surface area (Å²) in [7, 11) is 0. The Kier molecular flexibility index (Phi) is 3.60. The second-order valence-corrected chi connectivity index (χ2v) is 4.24. The number of rotatable bonds is 3. The number of para-hydroxylation sites is 1. The summed E-state index contributed by atoms with van der Waals surface area (Å²) < 4.78 is 13.6. The zero-order chi connectivity index (χ0) is 13.1. The molecule has 1 unspecified atom stereocenters. The van der Waals surface area contributed by atoms with Gasteiger partial charge in [-0.3, -0.25) is 5.84 Å². The van der Waals surface area contributed by atoms with Crippen LogP contribution in [0.3, 0.4) is 0 Å². The Bertz CT molecular complexity index is 554. The van der Waals surface area contributed by atoms with E-state index in [1.54, 1.807) is 19.1 Å². The molecule has 4 heteroatoms. The third-order valence-corrected chi connectivity index (χ3v) is 3.00. The number of nitrogens with one attached hydrogen (secondary N) is 1. The topological polar surface area (TPSA) is 64.1 Å². The van der Waals surface area contributed by atoms with E-state index in [2.05, 4.69) is 5.43 Å². The summed E-state index contributed by atoms with van der Waals surface area (Å²) >= 11 is 0. The molecular weight excluding hydrogens is 229 g/mol. The fourth-order valence-corrected chi connectivity index (χ4v) is 1.93. The lowest BCUT2D eigenvalue weighted by Crippen LogP contribution is -2.29. The fraction of sp³-hybridized carbons (Fsp3) is 0.143. The number of benzene rings is 2. The van der Waals surface area contributed by atoms with E-state index in [1.165, 1.54) is 6.07 Å². The molecule has 0 bridgehead atoms. The average molecular weight is 245 g/mol. The largest absolute Gasteiger partial charge is 0.398 e. The lowest BCUT2D eigenvalue weighted by atomic mass is 9.97. The summed E-state index contributed by atoms with van der Waals surface area (Å²) in [6.07, 6.45) is 0. The van der Waals surface area contributed by atoms with Gasteiger partial charge in [0.2, 0.25) is 0 Å². The molecule has 3 nitrogen and oxygen atoms in total. The normalized spacial score (nSPS) is 12.4. The van der Waals surface area contributed by atoms with Gasteiger partial charge < -0.3 is 5.73 Å². The van der Waals surface area contributed by atoms with Crippen molar-refractivity contribution >= 4 is 5.69 Å². The van der Waals surface area contributed by atoms with E-state index in [4.69, 9.17) is 11.6 Å². The van der Waals surface area contributed by atoms with Gasteiger partial charge >= 0.3 is 0 Å². The number of nitrogens with two attached hydrogens (primary N) is 2. The van der Waals surface area contributed by atoms with Gasteiger partial charge in [-0.2, -0.15) is 0 Å². The van der Waals surface area contributed by atoms with Crippen molar-refractivity contribution in [2.45, 2.75) is 13.0 Å². The number of halogens is 1. The smallest absolute Gasteiger partial charge is 0.126 e. The summed E-state index contributed by atoms with van der Waals surface area (Å²) in [5, 5.41) is 0. The molecule has 0 aliphatic carbocycles. The zero-order valence-electron chi connectivity index (χ0n) is 10.2. The predicted molar refractivity (Wildman–Crippen MR) is 71.2 cm³/mol. The first-order valence-corrected chi connectivity index (χ1v) is 5.70. The highest BCUT2D eigenvalue weighted by Crippen LogP contribution is 2.26. The van der Waals surface area contributed by atoms with Crippen LogP contribution in [-0.2, 0) is 0 Å². The first-order valence-electron chi connectivity index (χ1n) is 5.70. The van der Waals surface area contributed by atoms with E-state index in [-0.39, 0.29) is 11.9 Å². The molecule has 2 aromatic rings. The first-order chi connectivity index (χ1) is 8.63. The number of nitrogen functional groups attached to an aromatic ring is 1. The van der Waals surface area contributed by atoms with Crippen LogP contribution in [0.4, 0.5) is 10.1 Å². The Morgan fingerprint density at radius 2 is 1.89 bits per heavy atom. The van der Waals surface area contributed by atoms with Crippen molar-refractivity contribution in [2.24, 2.45) is 5.84 Å². The average Bonchev–Trinajstić information content (AvgIpc) is 2.37. The van der Waals surface area contributed by atoms with E-state index < -0.39 is 0 Å². The fourth-order valence-electron chi connectivity index (χ4n) is 1.93. The number of aryl methyl sites for hydroxylation is 1. The minimum atomic E-state index is -0.318. The Morgan fingerprint density at radius 1 is 1.17 bits per heavy atom. The predicted octanol–water partition coefficient (Wildman–Crippen LogP) is 2.27. The highest BCUT2D eigenvalue weighted by Gasteiger charge is 2.15. The van der Waals surface area contributed by atoms with E-state index in [0.717, 1.165) is 11.1 Å². The molecule has 0 spiro atoms. The van der Waals surface area contributed by atoms with E-state index >= 15 is 0 Å². The molecule has 0 aromatic heterocycles. The van der Waals surface area contributed by atoms with Crippen molar-refractivity contribution < 1.29 is 4.39 Å². The van der Waals surface area contributed by atoms with Gasteiger partial charge in [0.25, 0.3) is 0 Å². The third kappa shape index (κ3) is 2.34. The molecule has 5 N–H and O–H groups in total. The Hall–Kier alpha value is -1.91. The van der Waals surface area contributed by atoms with Crippen LogP contribution in [0.2, 0.25) is 0 Å². The summed E-state index contributed by atoms with van der Waals surface area (Å²) in [5.74, 6) is 5.32. The van der Waals surface area contributed by atoms with Crippen LogP contribution in [0, 0.1) is 12.7 Å². The van der Waals surface area contributed by atoms with Gasteiger partial charge in [-0.15, -0.1) is 0 Å². The van der Waals surface area contributed by atoms with Gasteiger partial charge in [0.05, 0.1) is 6.04 Å². The van der Waals surface area contributed by atoms with Crippen LogP contribution in [0.25, 0.3) is 0 Å². The molecule has 0 saturated carbocycles. The number of hydrazine groups is 1. The van der Waals surface area contributed by atoms with Gasteiger partial charge in [-0.25, -0.2) is 9.82 Å². The van der Waals surface area contributed by atoms with Gasteiger partial charge in [0.1, 0.15) is 5.82 Å². The molecule has 0 aliphatic rings. The molecule has 0 radical (unpaired) electrons. The molecule has 0 saturated heterocycles. The summed E-state index contributed by atoms with van der Waals surface area (Å²) in [6, 6.07) is 12.1. The van der Waals surface area contributed by atoms with Crippen LogP contribution in [0.5, 0.6) is 0 Å². The maximum Gasteiger partial charge on any atom is 0.126 e. The lowest BCUT2D eigenvalue weighted by molar-refractivity contribution is 0.599. The van der Waals surface area contributed by atoms with E-state index in [1.807, 2.05) is 24.3 Å². The Morgan fingerprint density at radius 3 is 2.50 bits per heavy atom. The molecule has 1 atom stereocenters. The molecule has 0 aliphatic heterocycles. The van der Waals surface area contributed by atoms with Crippen molar-refractivity contribution in [2.75, 3.05) is 5.73 Å². The number of hydrogen-bond acceptors (Lipinski definition) is 3. The summed E-state index contributed by atoms with van der Waals surface area (Å²) in [4.78, 5) is 0. The minimum Gasteiger partial charge on any atom is -0.398 e. The van der Waals surface area contributed by atoms with Crippen LogP contribution >= 0.6 is 0 Å². The molecule has 0 amide bonds. The van der Waals surface area contributed by atoms with E-state index in [9.17, 15) is 4.39 Å². The molecule has 18 heavy (non-hydrogen) atoms. The molecular formula is C14H16FN3. The van der Waals surface area contributed by atoms with Crippen molar-refractivity contribution in [1.29, 1.82) is 0 Å². The quantitative estimate of drug-likeness (QED) is 0.441. The monoisotopic (exact) mass is 245 g/mol. The van der Waals surface area contributed by atoms with Crippen molar-refractivity contribution in [3.8, 4) is 0 Å². The van der Waals surface area contributed by atoms with Crippen LogP contribution in [0.15, 0.2) is 42.5 Å². The van der Waals surface area contributed by atoms with Crippen molar-refractivity contribution in [3.05, 3.63) is 65.0 Å². The molecule has 0 fully saturated rings. The van der Waals surface area contributed by atoms with Gasteiger partial charge in [-0.1, -0.05) is 30.3 Å². The third-order valence-electron chi connectivity index (χ3n) is 3.00. The van der Waals surface area contributed by atoms with E-state index in [0.29, 0.717) is 11.3 Å². The Balaban J connectivity index is 2.45. The molecule has 94 valence electrons. The standard InChI is InChI=1S/C14H16FN3/c1-9-6-7-10(8-12(9)15)14(18-17)11-4-2-3-5-13(11)16/h2-8,14,18H,16-17H2,1H3. The highest BCUT2D eigenvalue weighted by molar-refractivity contribution is 5.51. The summed E-state index contributed by atoms with van der Waals surface area (Å²) in [5.41, 5.74) is 11.4. The number of hydrogen-bond donors (Lipinski definition) is 3. The van der Waals surface area contributed by atoms with Gasteiger partial charge in [0, 0.05) is 5.69 Å². The zero-order valence-corrected chi connectivity index (χ0v) is 10.2. The number of anilines is 1. The lowest BCUT2D eigenvalue weighted by Gasteiger charge is -2.19. The Labute approximate surface area is 106 Å². The molecule has 2 aromatic carbocycles. The minimum absolute atomic E-state index is 0.248. The van der Waals surface area contributed by atoms with Gasteiger partial charge in [0.15, 0.2) is 0 Å². The maximum absolute atomic E-state index is 13.6. The highest BCUT2D eigenvalue weighted by atomic mass is 19.1. The van der Waals surface area contributed by atoms with Crippen LogP contribution in [0.1, 0.15) is 22.7 Å². The van der Waals surface area contributed by atoms with Gasteiger partial charge in [-0.05, 0) is 35.7 Å². The summed E-state index contributed by atoms with van der Waals surface area (Å²) in [6.45, 7) is 1.72. The van der Waals surface area contributed by atoms with Crippen molar-refractivity contribution in [3.63, 3.8) is 0 Å². The van der Waals surface area contributed by atoms with Crippen LogP contribution < -0.4 is 17.0 Å². The first kappa shape index (κ1) is 12.5. The second kappa shape index (κ2) is 5.16. The second-order valence-electron chi connectivity index (χ2n) is 4.24. The van der Waals surface area contributed by atoms with Crippen LogP contribution in [-0.4, -0.2) is 0 Å². The SMILES string of the molecule is Cc1ccc(C(NN)c2ccccc2N)cc1F. The molecule has 2 rings (SSSR count). The molecule has 0 heterocycles. The maximum atomic E-state index is 13.6.